The van der Waals surface area contributed by atoms with Crippen molar-refractivity contribution in [3.05, 3.63) is 68.1 Å². The number of rotatable bonds is 3. The summed E-state index contributed by atoms with van der Waals surface area (Å²) >= 11 is 14.8. The number of thiazole rings is 1. The van der Waals surface area contributed by atoms with Crippen LogP contribution in [0.25, 0.3) is 11.3 Å². The van der Waals surface area contributed by atoms with Crippen molar-refractivity contribution in [3.8, 4) is 11.3 Å². The summed E-state index contributed by atoms with van der Waals surface area (Å²) in [4.78, 5) is 16.8. The number of hydrogen-bond donors (Lipinski definition) is 2. The standard InChI is InChI=1S/C17H11ClIN3OS2/c18-13-7-6-11(19)8-12(13)15(23)21-16(24)22-17-20-14(9-25-17)10-4-2-1-3-5-10/h1-9H,(H2,20,21,22,23,24). The molecule has 1 aromatic heterocycles. The molecule has 0 saturated carbocycles. The lowest BCUT2D eigenvalue weighted by molar-refractivity contribution is 0.0978. The monoisotopic (exact) mass is 499 g/mol. The zero-order chi connectivity index (χ0) is 17.8. The molecule has 4 nitrogen and oxygen atoms in total. The smallest absolute Gasteiger partial charge is 0.258 e. The summed E-state index contributed by atoms with van der Waals surface area (Å²) in [5.41, 5.74) is 2.25. The van der Waals surface area contributed by atoms with E-state index in [1.54, 1.807) is 12.1 Å². The van der Waals surface area contributed by atoms with Crippen LogP contribution < -0.4 is 10.6 Å². The van der Waals surface area contributed by atoms with Gasteiger partial charge in [-0.05, 0) is 53.0 Å². The van der Waals surface area contributed by atoms with Crippen molar-refractivity contribution in [2.24, 2.45) is 0 Å². The second-order valence-electron chi connectivity index (χ2n) is 4.94. The van der Waals surface area contributed by atoms with Gasteiger partial charge in [-0.3, -0.25) is 10.1 Å². The summed E-state index contributed by atoms with van der Waals surface area (Å²) in [6.07, 6.45) is 0. The van der Waals surface area contributed by atoms with Gasteiger partial charge in [0.25, 0.3) is 5.91 Å². The minimum Gasteiger partial charge on any atom is -0.308 e. The van der Waals surface area contributed by atoms with Crippen molar-refractivity contribution in [2.75, 3.05) is 5.32 Å². The summed E-state index contributed by atoms with van der Waals surface area (Å²) in [6.45, 7) is 0. The van der Waals surface area contributed by atoms with Crippen LogP contribution in [-0.2, 0) is 0 Å². The Morgan fingerprint density at radius 2 is 1.96 bits per heavy atom. The minimum atomic E-state index is -0.360. The SMILES string of the molecule is O=C(NC(=S)Nc1nc(-c2ccccc2)cs1)c1cc(I)ccc1Cl. The summed E-state index contributed by atoms with van der Waals surface area (Å²) in [7, 11) is 0. The summed E-state index contributed by atoms with van der Waals surface area (Å²) in [5, 5.41) is 8.64. The number of carbonyl (C=O) groups is 1. The number of nitrogens with zero attached hydrogens (tertiary/aromatic N) is 1. The Balaban J connectivity index is 1.66. The molecule has 8 heteroatoms. The fourth-order valence-corrected chi connectivity index (χ4v) is 3.72. The highest BCUT2D eigenvalue weighted by Gasteiger charge is 2.13. The Bertz CT molecular complexity index is 931. The molecule has 0 saturated heterocycles. The van der Waals surface area contributed by atoms with Crippen LogP contribution in [0.2, 0.25) is 5.02 Å². The van der Waals surface area contributed by atoms with E-state index in [0.29, 0.717) is 15.7 Å². The maximum atomic E-state index is 12.3. The van der Waals surface area contributed by atoms with Crippen LogP contribution in [0.1, 0.15) is 10.4 Å². The fraction of sp³-hybridized carbons (Fsp3) is 0. The third-order valence-corrected chi connectivity index (χ3v) is 5.16. The maximum absolute atomic E-state index is 12.3. The highest BCUT2D eigenvalue weighted by molar-refractivity contribution is 14.1. The first-order chi connectivity index (χ1) is 12.0. The first-order valence-electron chi connectivity index (χ1n) is 7.11. The molecule has 0 fully saturated rings. The highest BCUT2D eigenvalue weighted by atomic mass is 127. The molecule has 0 bridgehead atoms. The van der Waals surface area contributed by atoms with Gasteiger partial charge in [-0.1, -0.05) is 41.9 Å². The average Bonchev–Trinajstić information content (AvgIpc) is 3.06. The molecule has 0 aliphatic heterocycles. The van der Waals surface area contributed by atoms with Crippen LogP contribution in [0, 0.1) is 3.57 Å². The van der Waals surface area contributed by atoms with Crippen molar-refractivity contribution in [1.29, 1.82) is 0 Å². The van der Waals surface area contributed by atoms with Crippen LogP contribution in [-0.4, -0.2) is 16.0 Å². The lowest BCUT2D eigenvalue weighted by Crippen LogP contribution is -2.34. The average molecular weight is 500 g/mol. The van der Waals surface area contributed by atoms with Crippen LogP contribution >= 0.6 is 57.7 Å². The van der Waals surface area contributed by atoms with E-state index in [1.807, 2.05) is 41.8 Å². The van der Waals surface area contributed by atoms with Crippen LogP contribution in [0.4, 0.5) is 5.13 Å². The van der Waals surface area contributed by atoms with Gasteiger partial charge in [0.2, 0.25) is 0 Å². The minimum absolute atomic E-state index is 0.175. The predicted molar refractivity (Wildman–Crippen MR) is 115 cm³/mol. The molecule has 0 aliphatic rings. The van der Waals surface area contributed by atoms with Crippen LogP contribution in [0.5, 0.6) is 0 Å². The Morgan fingerprint density at radius 1 is 1.20 bits per heavy atom. The number of anilines is 1. The molecular formula is C17H11ClIN3OS2. The molecule has 0 spiro atoms. The van der Waals surface area contributed by atoms with Crippen LogP contribution in [0.15, 0.2) is 53.9 Å². The molecule has 126 valence electrons. The van der Waals surface area contributed by atoms with E-state index in [0.717, 1.165) is 14.8 Å². The molecular weight excluding hydrogens is 489 g/mol. The quantitative estimate of drug-likeness (QED) is 0.384. The van der Waals surface area contributed by atoms with Gasteiger partial charge in [0.1, 0.15) is 0 Å². The van der Waals surface area contributed by atoms with E-state index in [2.05, 4.69) is 38.2 Å². The van der Waals surface area contributed by atoms with Gasteiger partial charge in [-0.15, -0.1) is 11.3 Å². The lowest BCUT2D eigenvalue weighted by atomic mass is 10.2. The van der Waals surface area contributed by atoms with E-state index < -0.39 is 0 Å². The van der Waals surface area contributed by atoms with Gasteiger partial charge in [-0.2, -0.15) is 0 Å². The van der Waals surface area contributed by atoms with E-state index in [4.69, 9.17) is 23.8 Å². The molecule has 0 aliphatic carbocycles. The highest BCUT2D eigenvalue weighted by Crippen LogP contribution is 2.24. The lowest BCUT2D eigenvalue weighted by Gasteiger charge is -2.08. The number of benzene rings is 2. The molecule has 1 heterocycles. The normalized spacial score (nSPS) is 10.3. The van der Waals surface area contributed by atoms with E-state index in [9.17, 15) is 4.79 Å². The molecule has 25 heavy (non-hydrogen) atoms. The van der Waals surface area contributed by atoms with Crippen molar-refractivity contribution < 1.29 is 4.79 Å². The molecule has 0 atom stereocenters. The summed E-state index contributed by atoms with van der Waals surface area (Å²) in [6, 6.07) is 15.1. The molecule has 2 aromatic carbocycles. The molecule has 3 rings (SSSR count). The second kappa shape index (κ2) is 8.22. The number of amides is 1. The summed E-state index contributed by atoms with van der Waals surface area (Å²) < 4.78 is 0.915. The van der Waals surface area contributed by atoms with Crippen molar-refractivity contribution in [3.63, 3.8) is 0 Å². The number of halogens is 2. The molecule has 0 radical (unpaired) electrons. The summed E-state index contributed by atoms with van der Waals surface area (Å²) in [5.74, 6) is -0.360. The third-order valence-electron chi connectivity index (χ3n) is 3.19. The Labute approximate surface area is 172 Å². The number of carbonyl (C=O) groups excluding carboxylic acids is 1. The van der Waals surface area contributed by atoms with E-state index in [1.165, 1.54) is 11.3 Å². The zero-order valence-electron chi connectivity index (χ0n) is 12.6. The van der Waals surface area contributed by atoms with Crippen molar-refractivity contribution >= 4 is 73.9 Å². The number of thiocarbonyl (C=S) groups is 1. The van der Waals surface area contributed by atoms with Gasteiger partial charge in [-0.25, -0.2) is 4.98 Å². The molecule has 3 aromatic rings. The van der Waals surface area contributed by atoms with Gasteiger partial charge < -0.3 is 5.32 Å². The van der Waals surface area contributed by atoms with Crippen molar-refractivity contribution in [2.45, 2.75) is 0 Å². The molecule has 0 unspecified atom stereocenters. The van der Waals surface area contributed by atoms with Crippen molar-refractivity contribution in [1.82, 2.24) is 10.3 Å². The maximum Gasteiger partial charge on any atom is 0.258 e. The van der Waals surface area contributed by atoms with Gasteiger partial charge in [0.15, 0.2) is 10.2 Å². The third kappa shape index (κ3) is 4.75. The molecule has 1 amide bonds. The van der Waals surface area contributed by atoms with E-state index in [-0.39, 0.29) is 11.0 Å². The van der Waals surface area contributed by atoms with Gasteiger partial charge in [0, 0.05) is 14.5 Å². The Kier molecular flexibility index (Phi) is 6.00. The fourth-order valence-electron chi connectivity index (χ4n) is 2.04. The van der Waals surface area contributed by atoms with Crippen LogP contribution in [0.3, 0.4) is 0 Å². The van der Waals surface area contributed by atoms with E-state index >= 15 is 0 Å². The Hall–Kier alpha value is -1.55. The Morgan fingerprint density at radius 3 is 2.72 bits per heavy atom. The number of aromatic nitrogens is 1. The number of nitrogens with one attached hydrogen (secondary N) is 2. The number of hydrogen-bond acceptors (Lipinski definition) is 4. The largest absolute Gasteiger partial charge is 0.308 e. The first-order valence-corrected chi connectivity index (χ1v) is 9.86. The zero-order valence-corrected chi connectivity index (χ0v) is 17.2. The molecule has 2 N–H and O–H groups in total. The first kappa shape index (κ1) is 18.2. The predicted octanol–water partition coefficient (Wildman–Crippen LogP) is 5.19. The van der Waals surface area contributed by atoms with Gasteiger partial charge >= 0.3 is 0 Å². The second-order valence-corrected chi connectivity index (χ2v) is 7.86. The van der Waals surface area contributed by atoms with Gasteiger partial charge in [0.05, 0.1) is 16.3 Å². The topological polar surface area (TPSA) is 54.0 Å².